The summed E-state index contributed by atoms with van der Waals surface area (Å²) in [5, 5.41) is 17.2. The first-order valence-corrected chi connectivity index (χ1v) is 5.08. The molecule has 0 aromatic heterocycles. The van der Waals surface area contributed by atoms with Crippen LogP contribution in [0, 0.1) is 5.41 Å². The largest absolute Gasteiger partial charge is 0.510 e. The lowest BCUT2D eigenvalue weighted by atomic mass is 9.87. The highest BCUT2D eigenvalue weighted by molar-refractivity contribution is 7.39. The van der Waals surface area contributed by atoms with Crippen molar-refractivity contribution >= 4 is 20.0 Å². The van der Waals surface area contributed by atoms with Gasteiger partial charge in [-0.2, -0.15) is 4.89 Å². The summed E-state index contributed by atoms with van der Waals surface area (Å²) in [5.41, 5.74) is -2.81. The lowest BCUT2D eigenvalue weighted by Gasteiger charge is -2.19. The molecule has 0 saturated heterocycles. The second kappa shape index (κ2) is 4.48. The monoisotopic (exact) mass is 223 g/mol. The zero-order chi connectivity index (χ0) is 11.5. The number of carbonyl (C=O) groups is 2. The van der Waals surface area contributed by atoms with Crippen LogP contribution in [0.2, 0.25) is 0 Å². The fourth-order valence-corrected chi connectivity index (χ4v) is 1.89. The average Bonchev–Trinajstić information content (AvgIpc) is 1.98. The van der Waals surface area contributed by atoms with Crippen molar-refractivity contribution in [2.75, 3.05) is 0 Å². The molecule has 7 heteroatoms. The van der Waals surface area contributed by atoms with Crippen molar-refractivity contribution in [3.63, 3.8) is 0 Å². The van der Waals surface area contributed by atoms with E-state index in [9.17, 15) is 14.2 Å². The fourth-order valence-electron chi connectivity index (χ4n) is 0.917. The maximum absolute atomic E-state index is 10.8. The predicted octanol–water partition coefficient (Wildman–Crippen LogP) is 0.675. The smallest absolute Gasteiger partial charge is 0.481 e. The summed E-state index contributed by atoms with van der Waals surface area (Å²) in [6, 6.07) is 0. The second-order valence-corrected chi connectivity index (χ2v) is 4.67. The molecule has 3 N–H and O–H groups in total. The molecule has 0 amide bonds. The summed E-state index contributed by atoms with van der Waals surface area (Å²) in [4.78, 5) is 29.9. The van der Waals surface area contributed by atoms with Gasteiger partial charge in [0, 0.05) is 0 Å². The minimum Gasteiger partial charge on any atom is -0.481 e. The van der Waals surface area contributed by atoms with Crippen LogP contribution in [0.25, 0.3) is 0 Å². The number of aliphatic carboxylic acids is 2. The Morgan fingerprint density at radius 1 is 1.36 bits per heavy atom. The minimum absolute atomic E-state index is 0.634. The van der Waals surface area contributed by atoms with Crippen LogP contribution in [0.3, 0.4) is 0 Å². The summed E-state index contributed by atoms with van der Waals surface area (Å²) in [7, 11) is -2.83. The van der Waals surface area contributed by atoms with Crippen LogP contribution in [-0.2, 0) is 14.2 Å². The highest BCUT2D eigenvalue weighted by Gasteiger charge is 2.50. The van der Waals surface area contributed by atoms with Crippen molar-refractivity contribution in [2.24, 2.45) is 5.41 Å². The molecule has 0 fully saturated rings. The van der Waals surface area contributed by atoms with Gasteiger partial charge in [-0.25, -0.2) is 0 Å². The van der Waals surface area contributed by atoms with E-state index in [0.29, 0.717) is 0 Å². The predicted molar refractivity (Wildman–Crippen MR) is 47.3 cm³/mol. The van der Waals surface area contributed by atoms with E-state index in [0.717, 1.165) is 0 Å². The van der Waals surface area contributed by atoms with Gasteiger partial charge in [0.15, 0.2) is 0 Å². The molecule has 0 saturated carbocycles. The molecule has 2 atom stereocenters. The number of hydrogen-bond donors (Lipinski definition) is 3. The molecule has 0 aromatic carbocycles. The Kier molecular flexibility index (Phi) is 4.16. The van der Waals surface area contributed by atoms with Gasteiger partial charge in [-0.15, -0.1) is 0 Å². The summed E-state index contributed by atoms with van der Waals surface area (Å²) < 4.78 is 10.8. The molecule has 14 heavy (non-hydrogen) atoms. The molecule has 0 heterocycles. The first-order valence-electron chi connectivity index (χ1n) is 3.80. The Bertz CT molecular complexity index is 271. The van der Waals surface area contributed by atoms with Crippen molar-refractivity contribution in [1.82, 2.24) is 0 Å². The van der Waals surface area contributed by atoms with Gasteiger partial charge in [0.2, 0.25) is 5.66 Å². The van der Waals surface area contributed by atoms with E-state index >= 15 is 0 Å². The van der Waals surface area contributed by atoms with Crippen LogP contribution >= 0.6 is 8.03 Å². The number of rotatable bonds is 5. The van der Waals surface area contributed by atoms with E-state index in [4.69, 9.17) is 15.1 Å². The maximum Gasteiger partial charge on any atom is 0.510 e. The summed E-state index contributed by atoms with van der Waals surface area (Å²) >= 11 is 0. The molecule has 0 spiro atoms. The number of carboxylic acid groups (broad SMARTS) is 2. The van der Waals surface area contributed by atoms with Crippen LogP contribution in [0.15, 0.2) is 0 Å². The summed E-state index contributed by atoms with van der Waals surface area (Å²) in [6.07, 6.45) is -0.634. The highest BCUT2D eigenvalue weighted by atomic mass is 31.1. The van der Waals surface area contributed by atoms with E-state index in [-0.39, 0.29) is 0 Å². The zero-order valence-electron chi connectivity index (χ0n) is 7.80. The SMILES string of the molecule is CC(C)(C(=O)O)C(CC(=O)O)[P+](=O)O. The summed E-state index contributed by atoms with van der Waals surface area (Å²) in [5.74, 6) is -2.58. The normalized spacial score (nSPS) is 14.6. The lowest BCUT2D eigenvalue weighted by molar-refractivity contribution is -0.148. The van der Waals surface area contributed by atoms with Crippen LogP contribution in [-0.4, -0.2) is 32.7 Å². The molecule has 2 unspecified atom stereocenters. The fraction of sp³-hybridized carbons (Fsp3) is 0.714. The van der Waals surface area contributed by atoms with Crippen molar-refractivity contribution in [3.8, 4) is 0 Å². The molecule has 0 aromatic rings. The molecule has 0 radical (unpaired) electrons. The first-order chi connectivity index (χ1) is 6.19. The Labute approximate surface area is 81.4 Å². The quantitative estimate of drug-likeness (QED) is 0.590. The van der Waals surface area contributed by atoms with Gasteiger partial charge in [-0.05, 0) is 18.4 Å². The van der Waals surface area contributed by atoms with Crippen LogP contribution < -0.4 is 0 Å². The molecular formula is C7H12O6P+. The van der Waals surface area contributed by atoms with Crippen molar-refractivity contribution in [1.29, 1.82) is 0 Å². The molecule has 0 rings (SSSR count). The van der Waals surface area contributed by atoms with Gasteiger partial charge in [0.1, 0.15) is 5.41 Å². The van der Waals surface area contributed by atoms with Crippen molar-refractivity contribution in [3.05, 3.63) is 0 Å². The van der Waals surface area contributed by atoms with Gasteiger partial charge in [0.05, 0.1) is 6.42 Å². The zero-order valence-corrected chi connectivity index (χ0v) is 8.69. The van der Waals surface area contributed by atoms with Gasteiger partial charge in [-0.3, -0.25) is 9.59 Å². The number of hydrogen-bond acceptors (Lipinski definition) is 3. The van der Waals surface area contributed by atoms with Crippen LogP contribution in [0.1, 0.15) is 20.3 Å². The highest BCUT2D eigenvalue weighted by Crippen LogP contribution is 2.39. The molecule has 0 aliphatic rings. The van der Waals surface area contributed by atoms with Crippen molar-refractivity contribution in [2.45, 2.75) is 25.9 Å². The van der Waals surface area contributed by atoms with E-state index < -0.39 is 37.5 Å². The minimum atomic E-state index is -2.83. The van der Waals surface area contributed by atoms with Gasteiger partial charge in [0.25, 0.3) is 0 Å². The Morgan fingerprint density at radius 2 is 1.79 bits per heavy atom. The third kappa shape index (κ3) is 3.05. The first kappa shape index (κ1) is 13.0. The molecule has 6 nitrogen and oxygen atoms in total. The maximum atomic E-state index is 10.8. The molecule has 80 valence electrons. The van der Waals surface area contributed by atoms with Crippen LogP contribution in [0.5, 0.6) is 0 Å². The van der Waals surface area contributed by atoms with Crippen LogP contribution in [0.4, 0.5) is 0 Å². The topological polar surface area (TPSA) is 112 Å². The van der Waals surface area contributed by atoms with Gasteiger partial charge < -0.3 is 10.2 Å². The van der Waals surface area contributed by atoms with E-state index in [1.807, 2.05) is 0 Å². The Hall–Kier alpha value is -1.00. The average molecular weight is 223 g/mol. The van der Waals surface area contributed by atoms with E-state index in [1.165, 1.54) is 13.8 Å². The lowest BCUT2D eigenvalue weighted by Crippen LogP contribution is -2.36. The third-order valence-corrected chi connectivity index (χ3v) is 3.38. The molecular weight excluding hydrogens is 211 g/mol. The Balaban J connectivity index is 4.91. The van der Waals surface area contributed by atoms with Gasteiger partial charge in [-0.1, -0.05) is 0 Å². The van der Waals surface area contributed by atoms with E-state index in [2.05, 4.69) is 0 Å². The Morgan fingerprint density at radius 3 is 2.00 bits per heavy atom. The summed E-state index contributed by atoms with van der Waals surface area (Å²) in [6.45, 7) is 2.46. The van der Waals surface area contributed by atoms with Crippen molar-refractivity contribution < 1.29 is 29.3 Å². The number of carboxylic acids is 2. The molecule has 0 bridgehead atoms. The van der Waals surface area contributed by atoms with E-state index in [1.54, 1.807) is 0 Å². The van der Waals surface area contributed by atoms with Gasteiger partial charge >= 0.3 is 20.0 Å². The standard InChI is InChI=1S/C7H11O6P/c1-7(2,6(10)11)4(14(12)13)3-5(8)9/h4H,3H2,1-2H3,(H2-,8,9,10,11,12,13)/p+1. The third-order valence-electron chi connectivity index (χ3n) is 2.02. The molecule has 0 aliphatic heterocycles. The second-order valence-electron chi connectivity index (χ2n) is 3.44. The molecule has 0 aliphatic carbocycles.